The number of benzene rings is 2. The molecule has 1 saturated heterocycles. The molecule has 1 aliphatic rings. The Hall–Kier alpha value is -4.47. The number of ether oxygens (including phenoxy) is 1. The number of nitrogens with zero attached hydrogens (tertiary/aromatic N) is 4. The maximum Gasteiger partial charge on any atom is 0.323 e. The summed E-state index contributed by atoms with van der Waals surface area (Å²) < 4.78 is 8.03. The van der Waals surface area contributed by atoms with Crippen molar-refractivity contribution in [2.24, 2.45) is 0 Å². The predicted molar refractivity (Wildman–Crippen MR) is 216 cm³/mol. The molecule has 3 heterocycles. The first-order valence-electron chi connectivity index (χ1n) is 19.1. The van der Waals surface area contributed by atoms with E-state index in [2.05, 4.69) is 67.0 Å². The monoisotopic (exact) mass is 706 g/mol. The second-order valence-corrected chi connectivity index (χ2v) is 14.6. The summed E-state index contributed by atoms with van der Waals surface area (Å²) in [6.07, 6.45) is 7.79. The summed E-state index contributed by atoms with van der Waals surface area (Å²) in [5.41, 5.74) is 5.75. The molecule has 0 radical (unpaired) electrons. The van der Waals surface area contributed by atoms with Gasteiger partial charge < -0.3 is 15.4 Å². The number of nitrogens with one attached hydrogen (secondary N) is 2. The van der Waals surface area contributed by atoms with Crippen LogP contribution in [0.4, 0.5) is 16.2 Å². The molecule has 2 aromatic heterocycles. The van der Waals surface area contributed by atoms with E-state index in [1.165, 1.54) is 19.3 Å². The number of carbonyl (C=O) groups is 1. The van der Waals surface area contributed by atoms with Gasteiger partial charge in [-0.3, -0.25) is 19.2 Å². The summed E-state index contributed by atoms with van der Waals surface area (Å²) in [4.78, 5) is 38.3. The zero-order valence-corrected chi connectivity index (χ0v) is 32.5. The number of rotatable bonds is 14. The second kappa shape index (κ2) is 17.8. The number of aromatic nitrogens is 2. The Kier molecular flexibility index (Phi) is 13.3. The van der Waals surface area contributed by atoms with E-state index in [1.54, 1.807) is 10.8 Å². The number of amides is 2. The van der Waals surface area contributed by atoms with Crippen LogP contribution in [0.3, 0.4) is 0 Å². The minimum Gasteiger partial charge on any atom is -0.492 e. The van der Waals surface area contributed by atoms with E-state index >= 15 is 0 Å². The third-order valence-electron chi connectivity index (χ3n) is 10.1. The van der Waals surface area contributed by atoms with Gasteiger partial charge in [0.2, 0.25) is 0 Å². The van der Waals surface area contributed by atoms with Crippen molar-refractivity contribution in [2.75, 3.05) is 43.4 Å². The highest BCUT2D eigenvalue weighted by molar-refractivity contribution is 6.07. The number of allylic oxidation sites excluding steroid dienone is 2. The van der Waals surface area contributed by atoms with Crippen LogP contribution >= 0.6 is 0 Å². The van der Waals surface area contributed by atoms with Crippen LogP contribution in [0.25, 0.3) is 22.2 Å². The van der Waals surface area contributed by atoms with Crippen LogP contribution in [-0.2, 0) is 6.54 Å². The molecule has 9 nitrogen and oxygen atoms in total. The molecule has 2 aromatic carbocycles. The maximum absolute atomic E-state index is 14.5. The van der Waals surface area contributed by atoms with E-state index in [4.69, 9.17) is 4.74 Å². The number of urea groups is 1. The van der Waals surface area contributed by atoms with Crippen LogP contribution in [0.2, 0.25) is 0 Å². The van der Waals surface area contributed by atoms with Gasteiger partial charge in [-0.2, -0.15) is 0 Å². The lowest BCUT2D eigenvalue weighted by atomic mass is 9.93. The Bertz CT molecular complexity index is 1900. The van der Waals surface area contributed by atoms with Crippen molar-refractivity contribution < 1.29 is 9.53 Å². The first-order chi connectivity index (χ1) is 25.0. The first-order valence-corrected chi connectivity index (χ1v) is 19.1. The molecule has 0 saturated carbocycles. The summed E-state index contributed by atoms with van der Waals surface area (Å²) in [6.45, 7) is 21.8. The molecule has 0 aliphatic carbocycles. The van der Waals surface area contributed by atoms with E-state index in [1.807, 2.05) is 74.5 Å². The molecule has 1 aliphatic heterocycles. The Morgan fingerprint density at radius 1 is 0.962 bits per heavy atom. The van der Waals surface area contributed by atoms with Crippen LogP contribution in [0.15, 0.2) is 77.2 Å². The molecule has 1 unspecified atom stereocenters. The molecule has 2 amide bonds. The van der Waals surface area contributed by atoms with E-state index in [0.717, 1.165) is 59.5 Å². The average molecular weight is 707 g/mol. The fourth-order valence-corrected chi connectivity index (χ4v) is 7.41. The van der Waals surface area contributed by atoms with E-state index < -0.39 is 6.03 Å². The summed E-state index contributed by atoms with van der Waals surface area (Å²) in [5.74, 6) is 1.10. The molecule has 278 valence electrons. The summed E-state index contributed by atoms with van der Waals surface area (Å²) in [6, 6.07) is 17.3. The normalized spacial score (nSPS) is 15.0. The minimum atomic E-state index is -0.470. The first kappa shape index (κ1) is 38.8. The van der Waals surface area contributed by atoms with Crippen molar-refractivity contribution in [3.05, 3.63) is 93.9 Å². The number of pyridine rings is 2. The molecular weight excluding hydrogens is 649 g/mol. The van der Waals surface area contributed by atoms with Gasteiger partial charge in [0, 0.05) is 35.9 Å². The van der Waals surface area contributed by atoms with Gasteiger partial charge in [-0.25, -0.2) is 9.78 Å². The molecule has 2 N–H and O–H groups in total. The number of hydrogen-bond donors (Lipinski definition) is 2. The van der Waals surface area contributed by atoms with Crippen molar-refractivity contribution in [2.45, 2.75) is 99.2 Å². The highest BCUT2D eigenvalue weighted by Crippen LogP contribution is 2.36. The van der Waals surface area contributed by atoms with Crippen LogP contribution in [-0.4, -0.2) is 64.3 Å². The molecule has 52 heavy (non-hydrogen) atoms. The molecule has 0 spiro atoms. The minimum absolute atomic E-state index is 0.193. The highest BCUT2D eigenvalue weighted by atomic mass is 16.5. The van der Waals surface area contributed by atoms with Crippen molar-refractivity contribution in [1.29, 1.82) is 0 Å². The highest BCUT2D eigenvalue weighted by Gasteiger charge is 2.26. The van der Waals surface area contributed by atoms with Gasteiger partial charge in [0.1, 0.15) is 23.7 Å². The van der Waals surface area contributed by atoms with Crippen molar-refractivity contribution in [1.82, 2.24) is 19.4 Å². The molecular formula is C43H58N6O3. The fraction of sp³-hybridized carbons (Fsp3) is 0.465. The topological polar surface area (TPSA) is 91.7 Å². The number of likely N-dealkylation sites (tertiary alicyclic amines) is 1. The molecule has 1 atom stereocenters. The van der Waals surface area contributed by atoms with E-state index in [-0.39, 0.29) is 23.1 Å². The quantitative estimate of drug-likeness (QED) is 0.127. The zero-order chi connectivity index (χ0) is 37.4. The number of hydrogen-bond acceptors (Lipinski definition) is 6. The van der Waals surface area contributed by atoms with Crippen molar-refractivity contribution in [3.8, 4) is 16.9 Å². The molecule has 1 fully saturated rings. The van der Waals surface area contributed by atoms with Gasteiger partial charge in [0.25, 0.3) is 5.56 Å². The van der Waals surface area contributed by atoms with Crippen molar-refractivity contribution >= 4 is 28.4 Å². The smallest absolute Gasteiger partial charge is 0.323 e. The van der Waals surface area contributed by atoms with Crippen LogP contribution in [0, 0.1) is 0 Å². The van der Waals surface area contributed by atoms with Crippen LogP contribution in [0.5, 0.6) is 5.75 Å². The van der Waals surface area contributed by atoms with Crippen LogP contribution in [0.1, 0.15) is 97.6 Å². The van der Waals surface area contributed by atoms with Crippen molar-refractivity contribution in [3.63, 3.8) is 0 Å². The summed E-state index contributed by atoms with van der Waals surface area (Å²) in [7, 11) is 0. The van der Waals surface area contributed by atoms with Gasteiger partial charge in [-0.15, -0.1) is 0 Å². The Morgan fingerprint density at radius 2 is 1.65 bits per heavy atom. The molecule has 4 aromatic rings. The van der Waals surface area contributed by atoms with Gasteiger partial charge >= 0.3 is 6.03 Å². The lowest BCUT2D eigenvalue weighted by molar-refractivity contribution is 0.0120. The van der Waals surface area contributed by atoms with Gasteiger partial charge in [0.15, 0.2) is 0 Å². The standard InChI is InChI=1S/C43H58N6O3/c1-9-47(10-2)37-21-11-12-24-48(37)26-27-52-33-17-13-16-32(28-33)38-36-20-15-23-44-41(36)49(25-22-29(3)4)42(50)40(38)46-43(51)45-39-34(30(5)6)18-14-19-35(39)31(7)8/h13-20,22-23,28,30-31,37H,9-12,21,24-27H2,1-8H3,(H2,45,46,51). The number of carbonyl (C=O) groups excluding carboxylic acids is 1. The molecule has 5 rings (SSSR count). The third-order valence-corrected chi connectivity index (χ3v) is 10.1. The number of piperidine rings is 1. The zero-order valence-electron chi connectivity index (χ0n) is 32.5. The Balaban J connectivity index is 1.53. The van der Waals surface area contributed by atoms with Crippen LogP contribution < -0.4 is 20.9 Å². The largest absolute Gasteiger partial charge is 0.492 e. The summed E-state index contributed by atoms with van der Waals surface area (Å²) in [5, 5.41) is 6.93. The Labute approximate surface area is 310 Å². The predicted octanol–water partition coefficient (Wildman–Crippen LogP) is 9.45. The molecule has 9 heteroatoms. The number of fused-ring (bicyclic) bond motifs is 1. The summed E-state index contributed by atoms with van der Waals surface area (Å²) >= 11 is 0. The van der Waals surface area contributed by atoms with Gasteiger partial charge in [0.05, 0.1) is 6.17 Å². The number of para-hydroxylation sites is 1. The lowest BCUT2D eigenvalue weighted by Gasteiger charge is -2.42. The average Bonchev–Trinajstić information content (AvgIpc) is 3.12. The van der Waals surface area contributed by atoms with Gasteiger partial charge in [-0.05, 0) is 106 Å². The molecule has 0 bridgehead atoms. The van der Waals surface area contributed by atoms with E-state index in [9.17, 15) is 9.59 Å². The third kappa shape index (κ3) is 8.93. The number of anilines is 2. The van der Waals surface area contributed by atoms with Gasteiger partial charge in [-0.1, -0.05) is 83.5 Å². The Morgan fingerprint density at radius 3 is 2.33 bits per heavy atom. The SMILES string of the molecule is CCN(CC)C1CCCCN1CCOc1cccc(-c2c(NC(=O)Nc3c(C(C)C)cccc3C(C)C)c(=O)n(CC=C(C)C)c3ncccc23)c1. The fourth-order valence-electron chi connectivity index (χ4n) is 7.41. The second-order valence-electron chi connectivity index (χ2n) is 14.6. The van der Waals surface area contributed by atoms with E-state index in [0.29, 0.717) is 36.3 Å². The lowest BCUT2D eigenvalue weighted by Crippen LogP contribution is -2.51. The maximum atomic E-state index is 14.5.